The van der Waals surface area contributed by atoms with Gasteiger partial charge in [-0.25, -0.2) is 8.42 Å². The largest absolute Gasteiger partial charge is 0.374 e. The average molecular weight is 361 g/mol. The molecule has 17 heavy (non-hydrogen) atoms. The van der Waals surface area contributed by atoms with Crippen LogP contribution in [-0.4, -0.2) is 44.4 Å². The number of sulfonamides is 1. The molecule has 0 aliphatic carbocycles. The van der Waals surface area contributed by atoms with Gasteiger partial charge in [-0.2, -0.15) is 4.31 Å². The summed E-state index contributed by atoms with van der Waals surface area (Å²) in [5, 5.41) is 1.75. The zero-order valence-corrected chi connectivity index (χ0v) is 12.8. The number of alkyl halides is 1. The number of thiophene rings is 1. The Balaban J connectivity index is 2.24. The minimum Gasteiger partial charge on any atom is -0.374 e. The normalized spacial score (nSPS) is 22.8. The van der Waals surface area contributed by atoms with Crippen molar-refractivity contribution < 1.29 is 13.2 Å². The molecule has 0 spiro atoms. The second-order valence-corrected chi connectivity index (χ2v) is 7.78. The third-order valence-corrected chi connectivity index (χ3v) is 7.29. The smallest absolute Gasteiger partial charge is 0.253 e. The van der Waals surface area contributed by atoms with Gasteiger partial charge >= 0.3 is 0 Å². The minimum atomic E-state index is -3.43. The van der Waals surface area contributed by atoms with Gasteiger partial charge in [-0.1, -0.05) is 0 Å². The van der Waals surface area contributed by atoms with Gasteiger partial charge in [-0.3, -0.25) is 0 Å². The summed E-state index contributed by atoms with van der Waals surface area (Å²) in [6.45, 7) is 1.08. The molecule has 2 rings (SSSR count). The maximum absolute atomic E-state index is 12.3. The van der Waals surface area contributed by atoms with E-state index in [0.717, 1.165) is 0 Å². The van der Waals surface area contributed by atoms with Crippen molar-refractivity contribution in [3.05, 3.63) is 15.9 Å². The summed E-state index contributed by atoms with van der Waals surface area (Å²) in [5.74, 6) is 0.303. The Bertz CT molecular complexity index is 490. The van der Waals surface area contributed by atoms with Gasteiger partial charge in [0.2, 0.25) is 0 Å². The number of rotatable bonds is 3. The van der Waals surface area contributed by atoms with Crippen LogP contribution in [0.5, 0.6) is 0 Å². The zero-order chi connectivity index (χ0) is 12.5. The SMILES string of the molecule is O=S(=O)(c1sccc1Br)N1CCOC(CCl)C1. The van der Waals surface area contributed by atoms with Crippen LogP contribution in [0.15, 0.2) is 20.1 Å². The number of morpholine rings is 1. The van der Waals surface area contributed by atoms with E-state index in [2.05, 4.69) is 15.9 Å². The molecule has 0 radical (unpaired) electrons. The lowest BCUT2D eigenvalue weighted by Crippen LogP contribution is -2.46. The first-order valence-corrected chi connectivity index (χ1v) is 8.61. The van der Waals surface area contributed by atoms with E-state index in [-0.39, 0.29) is 6.10 Å². The first kappa shape index (κ1) is 13.8. The van der Waals surface area contributed by atoms with Gasteiger partial charge < -0.3 is 4.74 Å². The Hall–Kier alpha value is 0.340. The lowest BCUT2D eigenvalue weighted by Gasteiger charge is -2.30. The molecule has 96 valence electrons. The molecular formula is C9H11BrClNO3S2. The van der Waals surface area contributed by atoms with Crippen molar-refractivity contribution in [1.82, 2.24) is 4.31 Å². The van der Waals surface area contributed by atoms with Gasteiger partial charge in [0.15, 0.2) is 0 Å². The zero-order valence-electron chi connectivity index (χ0n) is 8.80. The first-order valence-electron chi connectivity index (χ1n) is 4.96. The monoisotopic (exact) mass is 359 g/mol. The fraction of sp³-hybridized carbons (Fsp3) is 0.556. The predicted molar refractivity (Wildman–Crippen MR) is 71.2 cm³/mol. The Morgan fingerprint density at radius 1 is 1.65 bits per heavy atom. The number of hydrogen-bond acceptors (Lipinski definition) is 4. The van der Waals surface area contributed by atoms with Gasteiger partial charge in [-0.15, -0.1) is 22.9 Å². The maximum Gasteiger partial charge on any atom is 0.253 e. The van der Waals surface area contributed by atoms with Crippen molar-refractivity contribution in [2.75, 3.05) is 25.6 Å². The van der Waals surface area contributed by atoms with Crippen molar-refractivity contribution in [3.63, 3.8) is 0 Å². The third kappa shape index (κ3) is 2.85. The summed E-state index contributed by atoms with van der Waals surface area (Å²) in [6.07, 6.45) is -0.223. The van der Waals surface area contributed by atoms with Gasteiger partial charge in [0.1, 0.15) is 4.21 Å². The van der Waals surface area contributed by atoms with E-state index < -0.39 is 10.0 Å². The topological polar surface area (TPSA) is 46.6 Å². The minimum absolute atomic E-state index is 0.223. The average Bonchev–Trinajstić information content (AvgIpc) is 2.76. The van der Waals surface area contributed by atoms with Crippen molar-refractivity contribution >= 4 is 48.9 Å². The number of ether oxygens (including phenoxy) is 1. The van der Waals surface area contributed by atoms with Gasteiger partial charge in [0.25, 0.3) is 10.0 Å². The van der Waals surface area contributed by atoms with Crippen molar-refractivity contribution in [1.29, 1.82) is 0 Å². The van der Waals surface area contributed by atoms with Crippen molar-refractivity contribution in [3.8, 4) is 0 Å². The molecule has 1 unspecified atom stereocenters. The Morgan fingerprint density at radius 2 is 2.41 bits per heavy atom. The fourth-order valence-electron chi connectivity index (χ4n) is 1.59. The Kier molecular flexibility index (Phi) is 4.49. The van der Waals surface area contributed by atoms with Gasteiger partial charge in [0.05, 0.1) is 12.7 Å². The summed E-state index contributed by atoms with van der Waals surface area (Å²) >= 11 is 10.2. The third-order valence-electron chi connectivity index (χ3n) is 2.43. The molecule has 2 heterocycles. The Morgan fingerprint density at radius 3 is 3.00 bits per heavy atom. The van der Waals surface area contributed by atoms with Crippen molar-refractivity contribution in [2.24, 2.45) is 0 Å². The first-order chi connectivity index (χ1) is 8.05. The van der Waals surface area contributed by atoms with E-state index in [1.165, 1.54) is 15.6 Å². The molecule has 1 atom stereocenters. The number of halogens is 2. The standard InChI is InChI=1S/C9H11BrClNO3S2/c10-8-1-4-16-9(8)17(13,14)12-2-3-15-7(5-11)6-12/h1,4,7H,2-3,5-6H2. The highest BCUT2D eigenvalue weighted by molar-refractivity contribution is 9.10. The van der Waals surface area contributed by atoms with Crippen LogP contribution in [0, 0.1) is 0 Å². The van der Waals surface area contributed by atoms with Crippen LogP contribution in [0.25, 0.3) is 0 Å². The predicted octanol–water partition coefficient (Wildman–Crippen LogP) is 2.14. The molecule has 1 aliphatic rings. The van der Waals surface area contributed by atoms with Crippen LogP contribution in [-0.2, 0) is 14.8 Å². The van der Waals surface area contributed by atoms with Crippen LogP contribution < -0.4 is 0 Å². The summed E-state index contributed by atoms with van der Waals surface area (Å²) < 4.78 is 32.4. The molecule has 0 amide bonds. The second-order valence-electron chi connectivity index (χ2n) is 3.57. The number of hydrogen-bond donors (Lipinski definition) is 0. The highest BCUT2D eigenvalue weighted by Gasteiger charge is 2.32. The van der Waals surface area contributed by atoms with Gasteiger partial charge in [0, 0.05) is 23.4 Å². The quantitative estimate of drug-likeness (QED) is 0.776. The highest BCUT2D eigenvalue weighted by atomic mass is 79.9. The molecule has 4 nitrogen and oxygen atoms in total. The van der Waals surface area contributed by atoms with Crippen LogP contribution in [0.4, 0.5) is 0 Å². The summed E-state index contributed by atoms with van der Waals surface area (Å²) in [4.78, 5) is 0. The molecule has 1 fully saturated rings. The van der Waals surface area contributed by atoms with E-state index in [0.29, 0.717) is 34.3 Å². The second kappa shape index (κ2) is 5.54. The van der Waals surface area contributed by atoms with E-state index >= 15 is 0 Å². The summed E-state index contributed by atoms with van der Waals surface area (Å²) in [6, 6.07) is 1.73. The molecule has 0 bridgehead atoms. The molecule has 1 aliphatic heterocycles. The maximum atomic E-state index is 12.3. The molecule has 0 aromatic carbocycles. The number of nitrogens with zero attached hydrogens (tertiary/aromatic N) is 1. The van der Waals surface area contributed by atoms with Crippen LogP contribution >= 0.6 is 38.9 Å². The summed E-state index contributed by atoms with van der Waals surface area (Å²) in [7, 11) is -3.43. The lowest BCUT2D eigenvalue weighted by atomic mass is 10.3. The van der Waals surface area contributed by atoms with E-state index in [1.807, 2.05) is 0 Å². The lowest BCUT2D eigenvalue weighted by molar-refractivity contribution is 0.0123. The molecule has 1 aromatic heterocycles. The van der Waals surface area contributed by atoms with Crippen LogP contribution in [0.1, 0.15) is 0 Å². The van der Waals surface area contributed by atoms with Gasteiger partial charge in [-0.05, 0) is 27.4 Å². The van der Waals surface area contributed by atoms with Crippen molar-refractivity contribution in [2.45, 2.75) is 10.3 Å². The highest BCUT2D eigenvalue weighted by Crippen LogP contribution is 2.31. The molecule has 0 saturated carbocycles. The molecule has 1 aromatic rings. The summed E-state index contributed by atoms with van der Waals surface area (Å²) in [5.41, 5.74) is 0. The van der Waals surface area contributed by atoms with E-state index in [1.54, 1.807) is 11.4 Å². The van der Waals surface area contributed by atoms with Crippen LogP contribution in [0.2, 0.25) is 0 Å². The molecule has 0 N–H and O–H groups in total. The Labute approximate surface area is 118 Å². The van der Waals surface area contributed by atoms with Crippen LogP contribution in [0.3, 0.4) is 0 Å². The molecular weight excluding hydrogens is 350 g/mol. The van der Waals surface area contributed by atoms with E-state index in [4.69, 9.17) is 16.3 Å². The van der Waals surface area contributed by atoms with E-state index in [9.17, 15) is 8.42 Å². The fourth-order valence-corrected chi connectivity index (χ4v) is 5.68. The molecule has 8 heteroatoms. The molecule has 1 saturated heterocycles.